The van der Waals surface area contributed by atoms with Crippen LogP contribution in [0.2, 0.25) is 0 Å². The number of benzene rings is 2. The number of anilines is 1. The number of rotatable bonds is 4. The van der Waals surface area contributed by atoms with Crippen LogP contribution in [-0.4, -0.2) is 17.6 Å². The molecule has 0 spiro atoms. The molecule has 1 amide bonds. The van der Waals surface area contributed by atoms with E-state index in [9.17, 15) is 9.59 Å². The van der Waals surface area contributed by atoms with E-state index in [1.54, 1.807) is 49.4 Å². The van der Waals surface area contributed by atoms with Crippen LogP contribution in [0.5, 0.6) is 5.75 Å². The van der Waals surface area contributed by atoms with Crippen LogP contribution in [-0.2, 0) is 4.79 Å². The highest BCUT2D eigenvalue weighted by atomic mass is 16.5. The van der Waals surface area contributed by atoms with Gasteiger partial charge in [-0.25, -0.2) is 4.79 Å². The summed E-state index contributed by atoms with van der Waals surface area (Å²) in [6.45, 7) is 1.65. The number of amides is 1. The third-order valence-corrected chi connectivity index (χ3v) is 3.65. The molecule has 0 aliphatic carbocycles. The van der Waals surface area contributed by atoms with E-state index >= 15 is 0 Å². The van der Waals surface area contributed by atoms with E-state index < -0.39 is 11.8 Å². The molecule has 1 unspecified atom stereocenters. The van der Waals surface area contributed by atoms with Gasteiger partial charge in [-0.05, 0) is 31.2 Å². The summed E-state index contributed by atoms with van der Waals surface area (Å²) >= 11 is 0. The number of nitrogens with zero attached hydrogens (tertiary/aromatic N) is 1. The van der Waals surface area contributed by atoms with E-state index in [2.05, 4.69) is 5.32 Å². The summed E-state index contributed by atoms with van der Waals surface area (Å²) in [5.41, 5.74) is 1.59. The Morgan fingerprint density at radius 2 is 1.87 bits per heavy atom. The summed E-state index contributed by atoms with van der Waals surface area (Å²) in [4.78, 5) is 24.6. The Bertz CT molecular complexity index is 910. The van der Waals surface area contributed by atoms with Crippen molar-refractivity contribution >= 4 is 22.7 Å². The summed E-state index contributed by atoms with van der Waals surface area (Å²) in [6, 6.07) is 13.4. The van der Waals surface area contributed by atoms with Crippen LogP contribution in [0.15, 0.2) is 57.7 Å². The standard InChI is InChI=1S/C17H16N2O4/c1-11(16(20)18-12-7-3-5-9-14(12)22-2)19-13-8-4-6-10-15(13)23-17(19)21/h3-11H,1-2H3,(H,18,20). The van der Waals surface area contributed by atoms with Crippen molar-refractivity contribution in [1.82, 2.24) is 4.57 Å². The molecule has 6 heteroatoms. The van der Waals surface area contributed by atoms with Gasteiger partial charge < -0.3 is 14.5 Å². The normalized spacial score (nSPS) is 12.1. The zero-order valence-electron chi connectivity index (χ0n) is 12.8. The molecule has 0 aliphatic heterocycles. The van der Waals surface area contributed by atoms with Crippen LogP contribution in [0, 0.1) is 0 Å². The van der Waals surface area contributed by atoms with Gasteiger partial charge in [0.05, 0.1) is 18.3 Å². The van der Waals surface area contributed by atoms with E-state index in [-0.39, 0.29) is 5.91 Å². The molecule has 3 aromatic rings. The van der Waals surface area contributed by atoms with E-state index in [0.717, 1.165) is 0 Å². The van der Waals surface area contributed by atoms with Gasteiger partial charge in [-0.1, -0.05) is 24.3 Å². The zero-order valence-corrected chi connectivity index (χ0v) is 12.8. The average molecular weight is 312 g/mol. The van der Waals surface area contributed by atoms with E-state index in [0.29, 0.717) is 22.5 Å². The zero-order chi connectivity index (χ0) is 16.4. The molecule has 1 atom stereocenters. The van der Waals surface area contributed by atoms with Crippen LogP contribution in [0.4, 0.5) is 5.69 Å². The van der Waals surface area contributed by atoms with Crippen molar-refractivity contribution in [2.75, 3.05) is 12.4 Å². The van der Waals surface area contributed by atoms with Gasteiger partial charge in [-0.3, -0.25) is 9.36 Å². The summed E-state index contributed by atoms with van der Waals surface area (Å²) < 4.78 is 11.7. The van der Waals surface area contributed by atoms with Crippen molar-refractivity contribution in [2.24, 2.45) is 0 Å². The number of aromatic nitrogens is 1. The van der Waals surface area contributed by atoms with Crippen LogP contribution in [0.3, 0.4) is 0 Å². The Labute approximate surface area is 132 Å². The number of oxazole rings is 1. The molecule has 6 nitrogen and oxygen atoms in total. The first kappa shape index (κ1) is 14.9. The van der Waals surface area contributed by atoms with Gasteiger partial charge in [0.1, 0.15) is 11.8 Å². The van der Waals surface area contributed by atoms with Crippen molar-refractivity contribution in [3.8, 4) is 5.75 Å². The highest BCUT2D eigenvalue weighted by Crippen LogP contribution is 2.24. The number of hydrogen-bond acceptors (Lipinski definition) is 4. The molecule has 0 radical (unpaired) electrons. The largest absolute Gasteiger partial charge is 0.495 e. The Kier molecular flexibility index (Phi) is 3.89. The van der Waals surface area contributed by atoms with Gasteiger partial charge in [-0.2, -0.15) is 0 Å². The number of fused-ring (bicyclic) bond motifs is 1. The lowest BCUT2D eigenvalue weighted by molar-refractivity contribution is -0.118. The summed E-state index contributed by atoms with van der Waals surface area (Å²) in [6.07, 6.45) is 0. The molecule has 0 aliphatic rings. The molecular weight excluding hydrogens is 296 g/mol. The first-order chi connectivity index (χ1) is 11.1. The highest BCUT2D eigenvalue weighted by Gasteiger charge is 2.22. The summed E-state index contributed by atoms with van der Waals surface area (Å²) in [5.74, 6) is -0.338. The van der Waals surface area contributed by atoms with Gasteiger partial charge in [-0.15, -0.1) is 0 Å². The van der Waals surface area contributed by atoms with Crippen LogP contribution >= 0.6 is 0 Å². The van der Waals surface area contributed by atoms with Crippen LogP contribution in [0.25, 0.3) is 11.1 Å². The molecule has 2 aromatic carbocycles. The molecule has 118 valence electrons. The smallest absolute Gasteiger partial charge is 0.420 e. The minimum Gasteiger partial charge on any atom is -0.495 e. The monoisotopic (exact) mass is 312 g/mol. The second-order valence-electron chi connectivity index (χ2n) is 5.07. The minimum atomic E-state index is -0.726. The Morgan fingerprint density at radius 1 is 1.17 bits per heavy atom. The van der Waals surface area contributed by atoms with Crippen molar-refractivity contribution < 1.29 is 13.9 Å². The quantitative estimate of drug-likeness (QED) is 0.804. The van der Waals surface area contributed by atoms with Gasteiger partial charge >= 0.3 is 5.76 Å². The average Bonchev–Trinajstić information content (AvgIpc) is 2.90. The predicted octanol–water partition coefficient (Wildman–Crippen LogP) is 2.80. The van der Waals surface area contributed by atoms with Crippen molar-refractivity contribution in [3.05, 3.63) is 59.1 Å². The first-order valence-corrected chi connectivity index (χ1v) is 7.16. The van der Waals surface area contributed by atoms with E-state index in [1.165, 1.54) is 11.7 Å². The lowest BCUT2D eigenvalue weighted by atomic mass is 10.2. The Balaban J connectivity index is 1.93. The predicted molar refractivity (Wildman–Crippen MR) is 86.8 cm³/mol. The molecule has 0 saturated carbocycles. The fourth-order valence-corrected chi connectivity index (χ4v) is 2.45. The molecule has 0 saturated heterocycles. The number of ether oxygens (including phenoxy) is 1. The molecule has 0 bridgehead atoms. The number of carbonyl (C=O) groups is 1. The molecule has 1 N–H and O–H groups in total. The number of carbonyl (C=O) groups excluding carboxylic acids is 1. The van der Waals surface area contributed by atoms with Crippen molar-refractivity contribution in [1.29, 1.82) is 0 Å². The number of hydrogen-bond donors (Lipinski definition) is 1. The Hall–Kier alpha value is -3.02. The lowest BCUT2D eigenvalue weighted by Gasteiger charge is -2.15. The SMILES string of the molecule is COc1ccccc1NC(=O)C(C)n1c(=O)oc2ccccc21. The fourth-order valence-electron chi connectivity index (χ4n) is 2.45. The molecule has 1 heterocycles. The van der Waals surface area contributed by atoms with E-state index in [4.69, 9.17) is 9.15 Å². The first-order valence-electron chi connectivity index (χ1n) is 7.16. The number of para-hydroxylation sites is 4. The molecule has 0 fully saturated rings. The second kappa shape index (κ2) is 6.00. The van der Waals surface area contributed by atoms with Crippen molar-refractivity contribution in [2.45, 2.75) is 13.0 Å². The molecule has 23 heavy (non-hydrogen) atoms. The maximum absolute atomic E-state index is 12.5. The third kappa shape index (κ3) is 2.70. The molecule has 1 aromatic heterocycles. The second-order valence-corrected chi connectivity index (χ2v) is 5.07. The summed E-state index contributed by atoms with van der Waals surface area (Å²) in [7, 11) is 1.53. The maximum Gasteiger partial charge on any atom is 0.420 e. The number of methoxy groups -OCH3 is 1. The third-order valence-electron chi connectivity index (χ3n) is 3.65. The minimum absolute atomic E-state index is 0.330. The fraction of sp³-hybridized carbons (Fsp3) is 0.176. The Morgan fingerprint density at radius 3 is 2.65 bits per heavy atom. The lowest BCUT2D eigenvalue weighted by Crippen LogP contribution is -2.29. The highest BCUT2D eigenvalue weighted by molar-refractivity contribution is 5.95. The van der Waals surface area contributed by atoms with Gasteiger partial charge in [0.25, 0.3) is 0 Å². The maximum atomic E-state index is 12.5. The van der Waals surface area contributed by atoms with Gasteiger partial charge in [0.15, 0.2) is 5.58 Å². The van der Waals surface area contributed by atoms with Crippen LogP contribution < -0.4 is 15.8 Å². The van der Waals surface area contributed by atoms with Crippen molar-refractivity contribution in [3.63, 3.8) is 0 Å². The van der Waals surface area contributed by atoms with Gasteiger partial charge in [0, 0.05) is 0 Å². The summed E-state index contributed by atoms with van der Waals surface area (Å²) in [5, 5.41) is 2.78. The molecule has 3 rings (SSSR count). The van der Waals surface area contributed by atoms with E-state index in [1.807, 2.05) is 6.07 Å². The topological polar surface area (TPSA) is 73.5 Å². The number of nitrogens with one attached hydrogen (secondary N) is 1. The van der Waals surface area contributed by atoms with Gasteiger partial charge in [0.2, 0.25) is 5.91 Å². The van der Waals surface area contributed by atoms with Crippen LogP contribution in [0.1, 0.15) is 13.0 Å². The molecular formula is C17H16N2O4.